The Balaban J connectivity index is 1.28. The fourth-order valence-corrected chi connectivity index (χ4v) is 7.33. The zero-order chi connectivity index (χ0) is 36.6. The van der Waals surface area contributed by atoms with Crippen molar-refractivity contribution in [3.05, 3.63) is 191 Å². The third-order valence-corrected chi connectivity index (χ3v) is 10.0. The topological polar surface area (TPSA) is 40.9 Å². The molecule has 4 aromatic carbocycles. The molecule has 1 aromatic heterocycles. The summed E-state index contributed by atoms with van der Waals surface area (Å²) < 4.78 is 0. The lowest BCUT2D eigenvalue weighted by Crippen LogP contribution is -2.32. The second kappa shape index (κ2) is 16.3. The normalized spacial score (nSPS) is 14.6. The number of aromatic nitrogens is 1. The first kappa shape index (κ1) is 35.0. The highest BCUT2D eigenvalue weighted by molar-refractivity contribution is 6.02. The summed E-state index contributed by atoms with van der Waals surface area (Å²) in [6.45, 7) is 12.5. The maximum Gasteiger partial charge on any atom is 0.147 e. The number of amidine groups is 1. The SMILES string of the molecule is C=Cc1cc(C2=CC=C(/C(=N/C/C=C/c3ccccc3-c3ccccc3)N(C)C(N=C)c3cc4c(c5ccccc35)C=CCC4)C=CC2)cnc1C=C. The molecular formula is C49H44N4. The van der Waals surface area contributed by atoms with Crippen LogP contribution in [0.3, 0.4) is 0 Å². The van der Waals surface area contributed by atoms with Gasteiger partial charge in [0.15, 0.2) is 0 Å². The highest BCUT2D eigenvalue weighted by Crippen LogP contribution is 2.37. The molecule has 0 saturated heterocycles. The van der Waals surface area contributed by atoms with Crippen molar-refractivity contribution in [1.29, 1.82) is 0 Å². The Morgan fingerprint density at radius 3 is 2.45 bits per heavy atom. The molecule has 2 aliphatic rings. The summed E-state index contributed by atoms with van der Waals surface area (Å²) in [5, 5.41) is 2.42. The molecule has 0 spiro atoms. The molecule has 0 radical (unpaired) electrons. The van der Waals surface area contributed by atoms with E-state index in [1.54, 1.807) is 6.08 Å². The molecular weight excluding hydrogens is 645 g/mol. The fraction of sp³-hybridized carbons (Fsp3) is 0.122. The average Bonchev–Trinajstić information content (AvgIpc) is 3.47. The molecule has 0 fully saturated rings. The minimum absolute atomic E-state index is 0.357. The standard InChI is InChI=1S/C49H44N4/c1-5-35-32-41(34-52-47(35)6-2)36-22-16-23-39(30-29-36)48(51-31-17-24-38-20-10-12-25-42(38)37-18-8-7-9-19-37)53(4)49(50-3)46-33-40-21-11-13-26-43(40)44-27-14-15-28-45(44)46/h5-10,12-20,23-30,32-34,49H,1-3,11,21-22,31H2,4H3/b24-17+,51-48-. The van der Waals surface area contributed by atoms with Crippen LogP contribution in [0, 0.1) is 0 Å². The van der Waals surface area contributed by atoms with E-state index in [0.29, 0.717) is 6.54 Å². The lowest BCUT2D eigenvalue weighted by Gasteiger charge is -2.30. The highest BCUT2D eigenvalue weighted by Gasteiger charge is 2.25. The molecule has 5 aromatic rings. The van der Waals surface area contributed by atoms with Crippen LogP contribution in [0.4, 0.5) is 0 Å². The van der Waals surface area contributed by atoms with E-state index in [9.17, 15) is 0 Å². The van der Waals surface area contributed by atoms with Gasteiger partial charge in [-0.15, -0.1) is 0 Å². The number of aryl methyl sites for hydroxylation is 1. The smallest absolute Gasteiger partial charge is 0.147 e. The summed E-state index contributed by atoms with van der Waals surface area (Å²) in [6.07, 6.45) is 25.5. The van der Waals surface area contributed by atoms with Crippen molar-refractivity contribution in [2.75, 3.05) is 13.6 Å². The van der Waals surface area contributed by atoms with Crippen LogP contribution in [0.1, 0.15) is 58.1 Å². The molecule has 7 rings (SSSR count). The number of aliphatic imine (C=N–C) groups is 2. The van der Waals surface area contributed by atoms with Crippen LogP contribution in [0.2, 0.25) is 0 Å². The summed E-state index contributed by atoms with van der Waals surface area (Å²) in [5.74, 6) is 0.839. The maximum absolute atomic E-state index is 5.29. The molecule has 4 nitrogen and oxygen atoms in total. The van der Waals surface area contributed by atoms with Gasteiger partial charge in [-0.1, -0.05) is 153 Å². The molecule has 0 amide bonds. The van der Waals surface area contributed by atoms with Gasteiger partial charge in [-0.3, -0.25) is 15.0 Å². The summed E-state index contributed by atoms with van der Waals surface area (Å²) in [6, 6.07) is 32.1. The lowest BCUT2D eigenvalue weighted by molar-refractivity contribution is 0.391. The Morgan fingerprint density at radius 2 is 1.64 bits per heavy atom. The van der Waals surface area contributed by atoms with Crippen LogP contribution < -0.4 is 0 Å². The predicted molar refractivity (Wildman–Crippen MR) is 229 cm³/mol. The molecule has 260 valence electrons. The highest BCUT2D eigenvalue weighted by atomic mass is 15.3. The van der Waals surface area contributed by atoms with Crippen molar-refractivity contribution in [2.45, 2.75) is 25.4 Å². The van der Waals surface area contributed by atoms with Crippen LogP contribution in [0.5, 0.6) is 0 Å². The largest absolute Gasteiger partial charge is 0.334 e. The van der Waals surface area contributed by atoms with Crippen LogP contribution >= 0.6 is 0 Å². The number of likely N-dealkylation sites (N-methyl/N-ethyl adjacent to an activating group) is 1. The zero-order valence-corrected chi connectivity index (χ0v) is 30.3. The van der Waals surface area contributed by atoms with Gasteiger partial charge in [0.05, 0.1) is 12.2 Å². The van der Waals surface area contributed by atoms with E-state index >= 15 is 0 Å². The number of hydrogen-bond acceptors (Lipinski definition) is 3. The van der Waals surface area contributed by atoms with Crippen LogP contribution in [-0.2, 0) is 6.42 Å². The van der Waals surface area contributed by atoms with E-state index in [1.165, 1.54) is 33.0 Å². The van der Waals surface area contributed by atoms with E-state index in [-0.39, 0.29) is 6.17 Å². The first-order valence-corrected chi connectivity index (χ1v) is 18.2. The molecule has 0 bridgehead atoms. The van der Waals surface area contributed by atoms with Crippen molar-refractivity contribution < 1.29 is 0 Å². The van der Waals surface area contributed by atoms with Crippen molar-refractivity contribution in [2.24, 2.45) is 9.98 Å². The van der Waals surface area contributed by atoms with E-state index in [4.69, 9.17) is 9.98 Å². The number of pyridine rings is 1. The molecule has 1 unspecified atom stereocenters. The van der Waals surface area contributed by atoms with Gasteiger partial charge in [0.1, 0.15) is 12.0 Å². The predicted octanol–water partition coefficient (Wildman–Crippen LogP) is 11.9. The number of allylic oxidation sites excluding steroid dienone is 5. The molecule has 2 aliphatic carbocycles. The quantitative estimate of drug-likeness (QED) is 0.102. The molecule has 0 aliphatic heterocycles. The number of benzene rings is 4. The fourth-order valence-electron chi connectivity index (χ4n) is 7.33. The second-order valence-electron chi connectivity index (χ2n) is 13.2. The summed E-state index contributed by atoms with van der Waals surface area (Å²) in [4.78, 5) is 16.9. The van der Waals surface area contributed by atoms with Gasteiger partial charge in [0, 0.05) is 29.9 Å². The van der Waals surface area contributed by atoms with E-state index in [1.807, 2.05) is 18.3 Å². The van der Waals surface area contributed by atoms with Crippen molar-refractivity contribution in [3.63, 3.8) is 0 Å². The van der Waals surface area contributed by atoms with Gasteiger partial charge in [-0.25, -0.2) is 0 Å². The van der Waals surface area contributed by atoms with Gasteiger partial charge in [0.25, 0.3) is 0 Å². The van der Waals surface area contributed by atoms with Crippen molar-refractivity contribution in [3.8, 4) is 11.1 Å². The summed E-state index contributed by atoms with van der Waals surface area (Å²) in [5.41, 5.74) is 12.3. The summed E-state index contributed by atoms with van der Waals surface area (Å²) >= 11 is 0. The van der Waals surface area contributed by atoms with Gasteiger partial charge in [-0.2, -0.15) is 0 Å². The molecule has 1 heterocycles. The van der Waals surface area contributed by atoms with Crippen molar-refractivity contribution >= 4 is 53.2 Å². The van der Waals surface area contributed by atoms with Gasteiger partial charge < -0.3 is 4.90 Å². The zero-order valence-electron chi connectivity index (χ0n) is 30.3. The Morgan fingerprint density at radius 1 is 0.849 bits per heavy atom. The Bertz CT molecular complexity index is 2370. The number of fused-ring (bicyclic) bond motifs is 3. The first-order valence-electron chi connectivity index (χ1n) is 18.2. The van der Waals surface area contributed by atoms with Gasteiger partial charge in [-0.05, 0) is 87.8 Å². The molecule has 0 N–H and O–H groups in total. The third-order valence-electron chi connectivity index (χ3n) is 10.0. The maximum atomic E-state index is 5.29. The van der Waals surface area contributed by atoms with E-state index in [2.05, 4.69) is 170 Å². The Labute approximate surface area is 313 Å². The second-order valence-corrected chi connectivity index (χ2v) is 13.2. The molecule has 0 saturated carbocycles. The van der Waals surface area contributed by atoms with Crippen LogP contribution in [0.15, 0.2) is 162 Å². The first-order chi connectivity index (χ1) is 26.1. The Hall–Kier alpha value is -6.39. The minimum Gasteiger partial charge on any atom is -0.334 e. The monoisotopic (exact) mass is 688 g/mol. The Kier molecular flexibility index (Phi) is 10.8. The van der Waals surface area contributed by atoms with Gasteiger partial charge in [0.2, 0.25) is 0 Å². The van der Waals surface area contributed by atoms with Gasteiger partial charge >= 0.3 is 0 Å². The average molecular weight is 689 g/mol. The van der Waals surface area contributed by atoms with Crippen molar-refractivity contribution in [1.82, 2.24) is 9.88 Å². The van der Waals surface area contributed by atoms with E-state index < -0.39 is 0 Å². The number of rotatable bonds is 11. The molecule has 53 heavy (non-hydrogen) atoms. The molecule has 1 atom stereocenters. The third kappa shape index (κ3) is 7.49. The molecule has 4 heteroatoms. The van der Waals surface area contributed by atoms with Crippen LogP contribution in [-0.4, -0.2) is 36.0 Å². The van der Waals surface area contributed by atoms with Crippen LogP contribution in [0.25, 0.3) is 51.8 Å². The number of hydrogen-bond donors (Lipinski definition) is 0. The summed E-state index contributed by atoms with van der Waals surface area (Å²) in [7, 11) is 2.08. The number of nitrogens with zero attached hydrogens (tertiary/aromatic N) is 4. The minimum atomic E-state index is -0.357. The van der Waals surface area contributed by atoms with E-state index in [0.717, 1.165) is 64.2 Å². The lowest BCUT2D eigenvalue weighted by atomic mass is 9.88.